The van der Waals surface area contributed by atoms with Crippen molar-refractivity contribution in [2.75, 3.05) is 6.54 Å². The normalized spacial score (nSPS) is 12.4. The van der Waals surface area contributed by atoms with E-state index in [9.17, 15) is 14.7 Å². The molecule has 0 aromatic heterocycles. The molecule has 0 saturated heterocycles. The van der Waals surface area contributed by atoms with Gasteiger partial charge in [0.15, 0.2) is 0 Å². The number of carboxylic acid groups (broad SMARTS) is 1. The van der Waals surface area contributed by atoms with E-state index in [1.54, 1.807) is 0 Å². The molecule has 0 bridgehead atoms. The van der Waals surface area contributed by atoms with Crippen molar-refractivity contribution in [2.45, 2.75) is 142 Å². The molecule has 7 heteroatoms. The number of unbranched alkanes of at least 4 members (excludes halogenated alkanes) is 15. The third kappa shape index (κ3) is 23.2. The molecule has 0 radical (unpaired) electrons. The average molecular weight is 491 g/mol. The molecule has 0 fully saturated rings. The summed E-state index contributed by atoms with van der Waals surface area (Å²) >= 11 is 0. The molecule has 0 aliphatic rings. The Balaban J connectivity index is 0. The average Bonchev–Trinajstić information content (AvgIpc) is 2.77. The summed E-state index contributed by atoms with van der Waals surface area (Å²) in [5, 5.41) is 23.3. The molecule has 0 aromatic rings. The summed E-state index contributed by atoms with van der Waals surface area (Å²) < 4.78 is 0. The van der Waals surface area contributed by atoms with Gasteiger partial charge < -0.3 is 15.5 Å². The van der Waals surface area contributed by atoms with Crippen LogP contribution in [0.25, 0.3) is 0 Å². The molecule has 34 heavy (non-hydrogen) atoms. The van der Waals surface area contributed by atoms with Gasteiger partial charge in [-0.2, -0.15) is 0 Å². The maximum absolute atomic E-state index is 12.3. The molecule has 1 amide bonds. The van der Waals surface area contributed by atoms with Gasteiger partial charge in [-0.25, -0.2) is 0 Å². The predicted octanol–water partition coefficient (Wildman–Crippen LogP) is 3.02. The van der Waals surface area contributed by atoms with Crippen molar-refractivity contribution >= 4 is 17.8 Å². The molecule has 0 heterocycles. The van der Waals surface area contributed by atoms with Gasteiger partial charge >= 0.3 is 35.5 Å². The molecule has 0 aliphatic carbocycles. The van der Waals surface area contributed by atoms with Crippen molar-refractivity contribution in [3.8, 4) is 0 Å². The van der Waals surface area contributed by atoms with Crippen LogP contribution in [0.2, 0.25) is 0 Å². The van der Waals surface area contributed by atoms with Gasteiger partial charge in [0.2, 0.25) is 5.91 Å². The molecule has 0 saturated carbocycles. The Bertz CT molecular complexity index is 527. The number of hydrogen-bond donors (Lipinski definition) is 2. The number of aliphatic carboxylic acids is 1. The first-order valence-electron chi connectivity index (χ1n) is 13.6. The molecule has 194 valence electrons. The first-order chi connectivity index (χ1) is 15.9. The van der Waals surface area contributed by atoms with E-state index in [1.165, 1.54) is 89.9 Å². The van der Waals surface area contributed by atoms with E-state index < -0.39 is 17.9 Å². The largest absolute Gasteiger partial charge is 1.00 e. The summed E-state index contributed by atoms with van der Waals surface area (Å²) in [4.78, 5) is 26.8. The van der Waals surface area contributed by atoms with Gasteiger partial charge in [-0.15, -0.1) is 0 Å². The Kier molecular flexibility index (Phi) is 26.7. The molecule has 0 rings (SSSR count). The number of nitrogens with zero attached hydrogens (tertiary/aromatic N) is 1. The molecular formula is C27H51N2NaO4. The number of nitrogens with one attached hydrogen (secondary N) is 1. The van der Waals surface area contributed by atoms with Crippen LogP contribution in [0.4, 0.5) is 0 Å². The quantitative estimate of drug-likeness (QED) is 0.0995. The Morgan fingerprint density at radius 1 is 0.765 bits per heavy atom. The summed E-state index contributed by atoms with van der Waals surface area (Å²) in [7, 11) is 0. The van der Waals surface area contributed by atoms with Crippen LogP contribution in [0.1, 0.15) is 136 Å². The Morgan fingerprint density at radius 3 is 1.56 bits per heavy atom. The molecule has 0 aliphatic heterocycles. The summed E-state index contributed by atoms with van der Waals surface area (Å²) in [6.07, 6.45) is 20.6. The van der Waals surface area contributed by atoms with Gasteiger partial charge in [0.1, 0.15) is 6.04 Å². The number of carbonyl (C=O) groups is 2. The SMILES string of the molecule is CCCCCCCCCCCCCCCCCCNC(=O)[C@@H](N=C([O-])CCC(=O)O)C(C)C.[Na+]. The van der Waals surface area contributed by atoms with E-state index in [4.69, 9.17) is 5.11 Å². The molecule has 2 N–H and O–H groups in total. The van der Waals surface area contributed by atoms with E-state index in [0.717, 1.165) is 12.8 Å². The maximum Gasteiger partial charge on any atom is 1.00 e. The maximum atomic E-state index is 12.3. The number of hydrogen-bond acceptors (Lipinski definition) is 4. The van der Waals surface area contributed by atoms with Crippen molar-refractivity contribution in [2.24, 2.45) is 10.9 Å². The Hall–Kier alpha value is -0.590. The standard InChI is InChI=1S/C27H52N2O4.Na/c1-4-5-6-7-8-9-10-11-12-13-14-15-16-17-18-19-22-28-27(33)26(23(2)3)29-24(30)20-21-25(31)32;/h23,26H,4-22H2,1-3H3,(H,28,33)(H,29,30)(H,31,32);/q;+1/p-1/t26-;/m0./s1. The number of amides is 1. The van der Waals surface area contributed by atoms with E-state index >= 15 is 0 Å². The Labute approximate surface area is 231 Å². The van der Waals surface area contributed by atoms with Crippen LogP contribution in [-0.2, 0) is 9.59 Å². The minimum Gasteiger partial charge on any atom is -0.862 e. The van der Waals surface area contributed by atoms with Crippen molar-refractivity contribution in [1.82, 2.24) is 5.32 Å². The fourth-order valence-corrected chi connectivity index (χ4v) is 3.93. The number of rotatable bonds is 23. The fourth-order valence-electron chi connectivity index (χ4n) is 3.93. The molecule has 0 spiro atoms. The zero-order valence-electron chi connectivity index (χ0n) is 22.7. The van der Waals surface area contributed by atoms with Crippen molar-refractivity contribution < 1.29 is 49.4 Å². The summed E-state index contributed by atoms with van der Waals surface area (Å²) in [5.41, 5.74) is 0. The van der Waals surface area contributed by atoms with Crippen LogP contribution in [0, 0.1) is 5.92 Å². The van der Waals surface area contributed by atoms with Crippen molar-refractivity contribution in [3.05, 3.63) is 0 Å². The zero-order chi connectivity index (χ0) is 24.7. The van der Waals surface area contributed by atoms with Crippen LogP contribution >= 0.6 is 0 Å². The third-order valence-electron chi connectivity index (χ3n) is 6.07. The van der Waals surface area contributed by atoms with Crippen LogP contribution < -0.4 is 40.0 Å². The van der Waals surface area contributed by atoms with E-state index in [1.807, 2.05) is 13.8 Å². The van der Waals surface area contributed by atoms with Crippen LogP contribution in [0.15, 0.2) is 4.99 Å². The van der Waals surface area contributed by atoms with Gasteiger partial charge in [0, 0.05) is 13.0 Å². The van der Waals surface area contributed by atoms with Gasteiger partial charge in [-0.1, -0.05) is 117 Å². The predicted molar refractivity (Wildman–Crippen MR) is 135 cm³/mol. The van der Waals surface area contributed by atoms with Crippen LogP contribution in [0.5, 0.6) is 0 Å². The Morgan fingerprint density at radius 2 is 1.18 bits per heavy atom. The van der Waals surface area contributed by atoms with E-state index in [0.29, 0.717) is 6.54 Å². The van der Waals surface area contributed by atoms with Crippen LogP contribution in [-0.4, -0.2) is 35.5 Å². The zero-order valence-corrected chi connectivity index (χ0v) is 24.7. The number of carboxylic acids is 1. The summed E-state index contributed by atoms with van der Waals surface area (Å²) in [6.45, 7) is 6.54. The van der Waals surface area contributed by atoms with E-state index in [2.05, 4.69) is 17.2 Å². The van der Waals surface area contributed by atoms with Crippen LogP contribution in [0.3, 0.4) is 0 Å². The van der Waals surface area contributed by atoms with Gasteiger partial charge in [0.05, 0.1) is 0 Å². The molecule has 1 atom stereocenters. The molecular weight excluding hydrogens is 439 g/mol. The van der Waals surface area contributed by atoms with Gasteiger partial charge in [0.25, 0.3) is 0 Å². The first-order valence-corrected chi connectivity index (χ1v) is 13.6. The molecule has 0 unspecified atom stereocenters. The van der Waals surface area contributed by atoms with E-state index in [-0.39, 0.29) is 54.2 Å². The second-order valence-corrected chi connectivity index (χ2v) is 9.70. The second kappa shape index (κ2) is 25.5. The minimum atomic E-state index is -1.03. The first kappa shape index (κ1) is 35.6. The molecule has 0 aromatic carbocycles. The fraction of sp³-hybridized carbons (Fsp3) is 0.889. The third-order valence-corrected chi connectivity index (χ3v) is 6.07. The summed E-state index contributed by atoms with van der Waals surface area (Å²) in [5.74, 6) is -1.90. The van der Waals surface area contributed by atoms with Gasteiger partial charge in [-0.05, 0) is 24.7 Å². The second-order valence-electron chi connectivity index (χ2n) is 9.70. The minimum absolute atomic E-state index is 0. The monoisotopic (exact) mass is 490 g/mol. The smallest absolute Gasteiger partial charge is 0.862 e. The van der Waals surface area contributed by atoms with Crippen molar-refractivity contribution in [1.29, 1.82) is 0 Å². The van der Waals surface area contributed by atoms with Crippen molar-refractivity contribution in [3.63, 3.8) is 0 Å². The topological polar surface area (TPSA) is 102 Å². The molecule has 6 nitrogen and oxygen atoms in total. The number of aliphatic imine (C=N–C) groups is 1. The van der Waals surface area contributed by atoms with Gasteiger partial charge in [-0.3, -0.25) is 14.6 Å². The number of carbonyl (C=O) groups excluding carboxylic acids is 1. The summed E-state index contributed by atoms with van der Waals surface area (Å²) in [6, 6.07) is -0.743.